The SMILES string of the molecule is COc1cccc(CC(C(=O)O)C2CS(=O)(=O)CC2O)c1. The number of carbonyl (C=O) groups is 1. The summed E-state index contributed by atoms with van der Waals surface area (Å²) in [4.78, 5) is 11.5. The molecule has 0 radical (unpaired) electrons. The van der Waals surface area contributed by atoms with Crippen LogP contribution in [-0.4, -0.2) is 49.3 Å². The molecule has 7 heteroatoms. The second kappa shape index (κ2) is 6.03. The third-order valence-electron chi connectivity index (χ3n) is 3.79. The van der Waals surface area contributed by atoms with Crippen molar-refractivity contribution < 1.29 is 28.2 Å². The Morgan fingerprint density at radius 2 is 2.14 bits per heavy atom. The zero-order chi connectivity index (χ0) is 15.6. The van der Waals surface area contributed by atoms with Gasteiger partial charge in [0.15, 0.2) is 9.84 Å². The molecule has 21 heavy (non-hydrogen) atoms. The van der Waals surface area contributed by atoms with E-state index in [4.69, 9.17) is 4.74 Å². The summed E-state index contributed by atoms with van der Waals surface area (Å²) >= 11 is 0. The molecule has 1 aliphatic heterocycles. The molecule has 116 valence electrons. The normalized spacial score (nSPS) is 25.4. The number of aliphatic carboxylic acids is 1. The summed E-state index contributed by atoms with van der Waals surface area (Å²) in [6.45, 7) is 0. The number of benzene rings is 1. The van der Waals surface area contributed by atoms with Crippen molar-refractivity contribution in [3.05, 3.63) is 29.8 Å². The first-order valence-electron chi connectivity index (χ1n) is 6.56. The number of ether oxygens (including phenoxy) is 1. The van der Waals surface area contributed by atoms with E-state index in [0.29, 0.717) is 5.75 Å². The lowest BCUT2D eigenvalue weighted by atomic mass is 9.85. The van der Waals surface area contributed by atoms with Gasteiger partial charge in [0.1, 0.15) is 5.75 Å². The van der Waals surface area contributed by atoms with Crippen LogP contribution in [0.4, 0.5) is 0 Å². The van der Waals surface area contributed by atoms with Crippen LogP contribution in [0.15, 0.2) is 24.3 Å². The molecule has 1 fully saturated rings. The monoisotopic (exact) mass is 314 g/mol. The van der Waals surface area contributed by atoms with Gasteiger partial charge >= 0.3 is 5.97 Å². The van der Waals surface area contributed by atoms with Crippen LogP contribution < -0.4 is 4.74 Å². The number of rotatable bonds is 5. The molecule has 2 N–H and O–H groups in total. The molecule has 0 aliphatic carbocycles. The van der Waals surface area contributed by atoms with Crippen LogP contribution in [0.1, 0.15) is 5.56 Å². The molecule has 2 rings (SSSR count). The number of methoxy groups -OCH3 is 1. The minimum Gasteiger partial charge on any atom is -0.497 e. The van der Waals surface area contributed by atoms with Gasteiger partial charge in [-0.2, -0.15) is 0 Å². The Morgan fingerprint density at radius 1 is 1.43 bits per heavy atom. The summed E-state index contributed by atoms with van der Waals surface area (Å²) in [7, 11) is -1.85. The highest BCUT2D eigenvalue weighted by atomic mass is 32.2. The quantitative estimate of drug-likeness (QED) is 0.813. The third-order valence-corrected chi connectivity index (χ3v) is 5.53. The van der Waals surface area contributed by atoms with E-state index in [2.05, 4.69) is 0 Å². The molecular formula is C14H18O6S. The van der Waals surface area contributed by atoms with Gasteiger partial charge in [0.2, 0.25) is 0 Å². The molecule has 1 aromatic carbocycles. The fraction of sp³-hybridized carbons (Fsp3) is 0.500. The highest BCUT2D eigenvalue weighted by molar-refractivity contribution is 7.91. The molecule has 0 saturated carbocycles. The highest BCUT2D eigenvalue weighted by Gasteiger charge is 2.43. The van der Waals surface area contributed by atoms with Gasteiger partial charge < -0.3 is 14.9 Å². The van der Waals surface area contributed by atoms with Crippen LogP contribution in [0.5, 0.6) is 5.75 Å². The summed E-state index contributed by atoms with van der Waals surface area (Å²) in [5, 5.41) is 19.2. The summed E-state index contributed by atoms with van der Waals surface area (Å²) in [6, 6.07) is 6.96. The molecule has 3 atom stereocenters. The Labute approximate surface area is 123 Å². The lowest BCUT2D eigenvalue weighted by Gasteiger charge is -2.21. The van der Waals surface area contributed by atoms with E-state index in [1.807, 2.05) is 0 Å². The maximum atomic E-state index is 11.6. The van der Waals surface area contributed by atoms with Crippen molar-refractivity contribution in [2.75, 3.05) is 18.6 Å². The van der Waals surface area contributed by atoms with Crippen molar-refractivity contribution in [3.8, 4) is 5.75 Å². The van der Waals surface area contributed by atoms with E-state index in [1.165, 1.54) is 7.11 Å². The first-order valence-corrected chi connectivity index (χ1v) is 8.39. The molecule has 1 saturated heterocycles. The summed E-state index contributed by atoms with van der Waals surface area (Å²) in [5.74, 6) is -2.85. The molecule has 1 aromatic rings. The van der Waals surface area contributed by atoms with Gasteiger partial charge in [-0.15, -0.1) is 0 Å². The van der Waals surface area contributed by atoms with Gasteiger partial charge in [-0.1, -0.05) is 12.1 Å². The number of carboxylic acids is 1. The molecular weight excluding hydrogens is 296 g/mol. The van der Waals surface area contributed by atoms with E-state index < -0.39 is 33.7 Å². The summed E-state index contributed by atoms with van der Waals surface area (Å²) in [6.07, 6.45) is -0.967. The molecule has 6 nitrogen and oxygen atoms in total. The van der Waals surface area contributed by atoms with Gasteiger partial charge in [-0.3, -0.25) is 4.79 Å². The van der Waals surface area contributed by atoms with Crippen LogP contribution in [0.3, 0.4) is 0 Å². The zero-order valence-electron chi connectivity index (χ0n) is 11.6. The van der Waals surface area contributed by atoms with Gasteiger partial charge in [0.05, 0.1) is 30.6 Å². The molecule has 0 aromatic heterocycles. The standard InChI is InChI=1S/C14H18O6S/c1-20-10-4-2-3-9(5-10)6-11(14(16)17)12-7-21(18,19)8-13(12)15/h2-5,11-13,15H,6-8H2,1H3,(H,16,17). The number of aliphatic hydroxyl groups excluding tert-OH is 1. The lowest BCUT2D eigenvalue weighted by Crippen LogP contribution is -2.33. The second-order valence-corrected chi connectivity index (χ2v) is 7.46. The number of hydrogen-bond donors (Lipinski definition) is 2. The number of sulfone groups is 1. The minimum absolute atomic E-state index is 0.157. The predicted molar refractivity (Wildman–Crippen MR) is 76.0 cm³/mol. The van der Waals surface area contributed by atoms with Crippen molar-refractivity contribution in [2.45, 2.75) is 12.5 Å². The predicted octanol–water partition coefficient (Wildman–Crippen LogP) is 0.344. The molecule has 0 bridgehead atoms. The average molecular weight is 314 g/mol. The third kappa shape index (κ3) is 3.74. The first kappa shape index (κ1) is 15.8. The Morgan fingerprint density at radius 3 is 2.67 bits per heavy atom. The van der Waals surface area contributed by atoms with E-state index >= 15 is 0 Å². The van der Waals surface area contributed by atoms with Crippen LogP contribution in [0.25, 0.3) is 0 Å². The molecule has 1 heterocycles. The van der Waals surface area contributed by atoms with E-state index in [-0.39, 0.29) is 17.9 Å². The smallest absolute Gasteiger partial charge is 0.307 e. The van der Waals surface area contributed by atoms with Crippen LogP contribution >= 0.6 is 0 Å². The van der Waals surface area contributed by atoms with Crippen molar-refractivity contribution in [1.29, 1.82) is 0 Å². The maximum absolute atomic E-state index is 11.6. The fourth-order valence-corrected chi connectivity index (χ4v) is 4.66. The van der Waals surface area contributed by atoms with Crippen molar-refractivity contribution in [1.82, 2.24) is 0 Å². The van der Waals surface area contributed by atoms with Crippen LogP contribution in [-0.2, 0) is 21.1 Å². The van der Waals surface area contributed by atoms with Crippen molar-refractivity contribution in [3.63, 3.8) is 0 Å². The van der Waals surface area contributed by atoms with Crippen molar-refractivity contribution in [2.24, 2.45) is 11.8 Å². The molecule has 3 unspecified atom stereocenters. The number of carboxylic acid groups (broad SMARTS) is 1. The number of hydrogen-bond acceptors (Lipinski definition) is 5. The van der Waals surface area contributed by atoms with Gasteiger partial charge in [-0.05, 0) is 24.1 Å². The zero-order valence-corrected chi connectivity index (χ0v) is 12.4. The van der Waals surface area contributed by atoms with Gasteiger partial charge in [-0.25, -0.2) is 8.42 Å². The highest BCUT2D eigenvalue weighted by Crippen LogP contribution is 2.30. The fourth-order valence-electron chi connectivity index (χ4n) is 2.72. The minimum atomic E-state index is -3.37. The topological polar surface area (TPSA) is 101 Å². The van der Waals surface area contributed by atoms with Gasteiger partial charge in [0, 0.05) is 5.92 Å². The number of aliphatic hydroxyl groups is 1. The van der Waals surface area contributed by atoms with E-state index in [0.717, 1.165) is 5.56 Å². The van der Waals surface area contributed by atoms with Crippen molar-refractivity contribution >= 4 is 15.8 Å². The average Bonchev–Trinajstić information content (AvgIpc) is 2.69. The second-order valence-electron chi connectivity index (χ2n) is 5.31. The Hall–Kier alpha value is -1.60. The molecule has 1 aliphatic rings. The first-order chi connectivity index (χ1) is 9.82. The molecule has 0 amide bonds. The molecule has 0 spiro atoms. The Kier molecular flexibility index (Phi) is 4.53. The summed E-state index contributed by atoms with van der Waals surface area (Å²) in [5.41, 5.74) is 0.734. The van der Waals surface area contributed by atoms with Crippen LogP contribution in [0.2, 0.25) is 0 Å². The van der Waals surface area contributed by atoms with Crippen LogP contribution in [0, 0.1) is 11.8 Å². The maximum Gasteiger partial charge on any atom is 0.307 e. The Bertz CT molecular complexity index is 624. The summed E-state index contributed by atoms with van der Waals surface area (Å²) < 4.78 is 28.2. The lowest BCUT2D eigenvalue weighted by molar-refractivity contribution is -0.144. The Balaban J connectivity index is 2.22. The van der Waals surface area contributed by atoms with Gasteiger partial charge in [0.25, 0.3) is 0 Å². The van der Waals surface area contributed by atoms with E-state index in [1.54, 1.807) is 24.3 Å². The van der Waals surface area contributed by atoms with E-state index in [9.17, 15) is 23.4 Å². The largest absolute Gasteiger partial charge is 0.497 e.